The van der Waals surface area contributed by atoms with Crippen molar-refractivity contribution in [2.75, 3.05) is 0 Å². The van der Waals surface area contributed by atoms with Crippen molar-refractivity contribution in [3.63, 3.8) is 0 Å². The van der Waals surface area contributed by atoms with Crippen LogP contribution in [0.2, 0.25) is 0 Å². The molecule has 0 unspecified atom stereocenters. The molecule has 10 aromatic rings. The maximum absolute atomic E-state index is 4.12. The minimum Gasteiger partial charge on any atom is -0.316 e. The molecule has 0 amide bonds. The maximum Gasteiger partial charge on any atom is 0.200 e. The highest BCUT2D eigenvalue weighted by molar-refractivity contribution is 7.20. The van der Waals surface area contributed by atoms with Crippen LogP contribution in [0.3, 0.4) is 0 Å². The smallest absolute Gasteiger partial charge is 0.200 e. The van der Waals surface area contributed by atoms with Gasteiger partial charge >= 0.3 is 0 Å². The molecule has 11 rings (SSSR count). The molecule has 286 valence electrons. The number of nitrogens with zero attached hydrogens (tertiary/aromatic N) is 2. The van der Waals surface area contributed by atoms with Crippen molar-refractivity contribution in [3.8, 4) is 22.5 Å². The first-order valence-corrected chi connectivity index (χ1v) is 22.9. The number of para-hydroxylation sites is 3. The van der Waals surface area contributed by atoms with Crippen LogP contribution >= 0.6 is 0 Å². The van der Waals surface area contributed by atoms with Gasteiger partial charge in [-0.05, 0) is 74.2 Å². The second-order valence-corrected chi connectivity index (χ2v) is 20.2. The van der Waals surface area contributed by atoms with Crippen LogP contribution in [0, 0.1) is 0 Å². The van der Waals surface area contributed by atoms with Crippen molar-refractivity contribution >= 4 is 67.7 Å². The Hall–Kier alpha value is -7.20. The fourth-order valence-corrected chi connectivity index (χ4v) is 15.6. The van der Waals surface area contributed by atoms with Crippen molar-refractivity contribution in [2.24, 2.45) is 0 Å². The molecule has 2 aromatic heterocycles. The summed E-state index contributed by atoms with van der Waals surface area (Å²) in [6, 6.07) is 74.6. The molecule has 0 N–H and O–H groups in total. The van der Waals surface area contributed by atoms with Crippen LogP contribution in [0.1, 0.15) is 30.5 Å². The highest BCUT2D eigenvalue weighted by Gasteiger charge is 2.46. The van der Waals surface area contributed by atoms with Gasteiger partial charge in [0.25, 0.3) is 0 Å². The zero-order valence-corrected chi connectivity index (χ0v) is 34.9. The number of hydrogen-bond acceptors (Lipinski definition) is 0. The number of allylic oxidation sites excluding steroid dienone is 2. The topological polar surface area (TPSA) is 9.86 Å². The van der Waals surface area contributed by atoms with Crippen LogP contribution in [-0.4, -0.2) is 17.2 Å². The highest BCUT2D eigenvalue weighted by atomic mass is 28.3. The first-order chi connectivity index (χ1) is 29.5. The van der Waals surface area contributed by atoms with Gasteiger partial charge in [0, 0.05) is 43.8 Å². The SMILES string of the molecule is C=C/C=C\c1c([Si](c2ccccc2)(c2ccccc2)c2ccc(-n3c4ccccc4c4ccc5c(c43)C(C)(C)c3ccccc3-5)cc2)n(-c2ccccc2)c2ccccc12. The van der Waals surface area contributed by atoms with Crippen LogP contribution in [-0.2, 0) is 5.41 Å². The molecule has 0 saturated heterocycles. The van der Waals surface area contributed by atoms with E-state index in [2.05, 4.69) is 242 Å². The third-order valence-electron chi connectivity index (χ3n) is 13.0. The molecule has 60 heavy (non-hydrogen) atoms. The number of aromatic nitrogens is 2. The summed E-state index contributed by atoms with van der Waals surface area (Å²) in [7, 11) is -3.13. The quantitative estimate of drug-likeness (QED) is 0.0825. The molecule has 2 nitrogen and oxygen atoms in total. The molecule has 0 saturated carbocycles. The lowest BCUT2D eigenvalue weighted by atomic mass is 9.81. The van der Waals surface area contributed by atoms with Gasteiger partial charge in [0.1, 0.15) is 0 Å². The van der Waals surface area contributed by atoms with E-state index in [-0.39, 0.29) is 5.41 Å². The molecule has 0 spiro atoms. The van der Waals surface area contributed by atoms with E-state index in [9.17, 15) is 0 Å². The Balaban J connectivity index is 1.25. The van der Waals surface area contributed by atoms with Gasteiger partial charge in [-0.2, -0.15) is 0 Å². The van der Waals surface area contributed by atoms with Crippen molar-refractivity contribution in [2.45, 2.75) is 19.3 Å². The van der Waals surface area contributed by atoms with Gasteiger partial charge in [-0.3, -0.25) is 0 Å². The van der Waals surface area contributed by atoms with E-state index >= 15 is 0 Å². The summed E-state index contributed by atoms with van der Waals surface area (Å²) in [4.78, 5) is 0. The molecule has 0 aliphatic heterocycles. The molecule has 8 aromatic carbocycles. The Labute approximate surface area is 352 Å². The monoisotopic (exact) mass is 784 g/mol. The molecule has 0 fully saturated rings. The van der Waals surface area contributed by atoms with E-state index < -0.39 is 8.07 Å². The van der Waals surface area contributed by atoms with Crippen LogP contribution < -0.4 is 20.9 Å². The average Bonchev–Trinajstić information content (AvgIpc) is 3.90. The molecule has 1 aliphatic rings. The van der Waals surface area contributed by atoms with Gasteiger partial charge in [-0.15, -0.1) is 0 Å². The van der Waals surface area contributed by atoms with E-state index in [4.69, 9.17) is 0 Å². The first-order valence-electron chi connectivity index (χ1n) is 20.9. The van der Waals surface area contributed by atoms with Gasteiger partial charge in [0.15, 0.2) is 0 Å². The predicted octanol–water partition coefficient (Wildman–Crippen LogP) is 11.6. The second-order valence-electron chi connectivity index (χ2n) is 16.5. The van der Waals surface area contributed by atoms with Crippen LogP contribution in [0.15, 0.2) is 219 Å². The summed E-state index contributed by atoms with van der Waals surface area (Å²) >= 11 is 0. The van der Waals surface area contributed by atoms with Gasteiger partial charge in [0.05, 0.1) is 16.6 Å². The summed E-state index contributed by atoms with van der Waals surface area (Å²) in [5.74, 6) is 0. The Bertz CT molecular complexity index is 3240. The normalized spacial score (nSPS) is 13.3. The minimum atomic E-state index is -3.13. The lowest BCUT2D eigenvalue weighted by Gasteiger charge is -2.36. The summed E-state index contributed by atoms with van der Waals surface area (Å²) in [6.45, 7) is 8.91. The van der Waals surface area contributed by atoms with Crippen LogP contribution in [0.5, 0.6) is 0 Å². The van der Waals surface area contributed by atoms with E-state index in [1.54, 1.807) is 0 Å². The van der Waals surface area contributed by atoms with Crippen LogP contribution in [0.25, 0.3) is 61.3 Å². The largest absolute Gasteiger partial charge is 0.316 e. The van der Waals surface area contributed by atoms with Gasteiger partial charge in [0.2, 0.25) is 8.07 Å². The predicted molar refractivity (Wildman–Crippen MR) is 258 cm³/mol. The lowest BCUT2D eigenvalue weighted by Crippen LogP contribution is -2.76. The fourth-order valence-electron chi connectivity index (χ4n) is 10.5. The fraction of sp³-hybridized carbons (Fsp3) is 0.0526. The zero-order chi connectivity index (χ0) is 40.4. The molecule has 0 atom stereocenters. The van der Waals surface area contributed by atoms with Crippen LogP contribution in [0.4, 0.5) is 0 Å². The van der Waals surface area contributed by atoms with Gasteiger partial charge in [-0.25, -0.2) is 0 Å². The van der Waals surface area contributed by atoms with E-state index in [1.807, 2.05) is 6.08 Å². The molecular formula is C57H44N2Si. The van der Waals surface area contributed by atoms with E-state index in [1.165, 1.54) is 81.4 Å². The maximum atomic E-state index is 4.12. The van der Waals surface area contributed by atoms with Crippen molar-refractivity contribution < 1.29 is 0 Å². The number of hydrogen-bond donors (Lipinski definition) is 0. The summed E-state index contributed by atoms with van der Waals surface area (Å²) in [5.41, 5.74) is 12.5. The summed E-state index contributed by atoms with van der Waals surface area (Å²) < 4.78 is 5.09. The van der Waals surface area contributed by atoms with Crippen molar-refractivity contribution in [1.82, 2.24) is 9.13 Å². The molecule has 0 bridgehead atoms. The number of fused-ring (bicyclic) bond motifs is 8. The molecule has 3 heteroatoms. The highest BCUT2D eigenvalue weighted by Crippen LogP contribution is 2.52. The van der Waals surface area contributed by atoms with Crippen molar-refractivity contribution in [3.05, 3.63) is 236 Å². The lowest BCUT2D eigenvalue weighted by molar-refractivity contribution is 0.664. The van der Waals surface area contributed by atoms with Crippen molar-refractivity contribution in [1.29, 1.82) is 0 Å². The van der Waals surface area contributed by atoms with Gasteiger partial charge in [-0.1, -0.05) is 202 Å². The first kappa shape index (κ1) is 35.9. The summed E-state index contributed by atoms with van der Waals surface area (Å²) in [5, 5.41) is 9.06. The van der Waals surface area contributed by atoms with E-state index in [0.29, 0.717) is 0 Å². The Morgan fingerprint density at radius 2 is 1.00 bits per heavy atom. The third-order valence-corrected chi connectivity index (χ3v) is 17.8. The van der Waals surface area contributed by atoms with Gasteiger partial charge < -0.3 is 9.13 Å². The average molecular weight is 785 g/mol. The number of rotatable bonds is 8. The second kappa shape index (κ2) is 14.0. The molecule has 1 aliphatic carbocycles. The molecular weight excluding hydrogens is 741 g/mol. The zero-order valence-electron chi connectivity index (χ0n) is 33.9. The summed E-state index contributed by atoms with van der Waals surface area (Å²) in [6.07, 6.45) is 6.27. The minimum absolute atomic E-state index is 0.166. The van der Waals surface area contributed by atoms with E-state index in [0.717, 1.165) is 11.4 Å². The Morgan fingerprint density at radius 3 is 1.67 bits per heavy atom. The molecule has 2 heterocycles. The Morgan fingerprint density at radius 1 is 0.467 bits per heavy atom. The Kier molecular flexibility index (Phi) is 8.37. The molecule has 0 radical (unpaired) electrons. The third kappa shape index (κ3) is 5.12. The standard InChI is InChI=1S/C57H44N2Si/c1-4-5-27-50-47-30-17-20-33-53(47)59(40-21-9-6-10-22-40)56(50)60(42-23-11-7-12-24-42,43-25-13-8-14-26-43)44-36-34-41(35-37-44)58-52-32-19-16-29-46(52)49-39-38-48-45-28-15-18-31-51(45)57(2,3)54(48)55(49)58/h4-39H,1H2,2-3H3/b27-5-. The number of benzene rings is 8.